The van der Waals surface area contributed by atoms with Crippen molar-refractivity contribution in [2.24, 2.45) is 0 Å². The van der Waals surface area contributed by atoms with Crippen LogP contribution in [0.4, 0.5) is 5.69 Å². The molecule has 2 aliphatic heterocycles. The Bertz CT molecular complexity index is 947. The van der Waals surface area contributed by atoms with Crippen molar-refractivity contribution in [1.29, 1.82) is 0 Å². The molecule has 3 amide bonds. The van der Waals surface area contributed by atoms with Gasteiger partial charge in [-0.2, -0.15) is 0 Å². The van der Waals surface area contributed by atoms with E-state index >= 15 is 0 Å². The molecular weight excluding hydrogens is 470 g/mol. The number of ether oxygens (including phenoxy) is 1. The van der Waals surface area contributed by atoms with Crippen LogP contribution in [0.25, 0.3) is 0 Å². The van der Waals surface area contributed by atoms with Gasteiger partial charge in [-0.05, 0) is 65.2 Å². The number of thiophene rings is 1. The maximum atomic E-state index is 13.0. The summed E-state index contributed by atoms with van der Waals surface area (Å²) in [5.74, 6) is -0.624. The Morgan fingerprint density at radius 2 is 1.80 bits per heavy atom. The van der Waals surface area contributed by atoms with E-state index in [0.29, 0.717) is 29.2 Å². The number of nitrogens with zero attached hydrogens (tertiary/aromatic N) is 1. The Kier molecular flexibility index (Phi) is 6.21. The van der Waals surface area contributed by atoms with Crippen molar-refractivity contribution in [3.05, 3.63) is 50.6 Å². The van der Waals surface area contributed by atoms with Crippen molar-refractivity contribution in [3.63, 3.8) is 0 Å². The molecule has 0 radical (unpaired) electrons. The molecule has 1 aromatic carbocycles. The first-order valence-electron chi connectivity index (χ1n) is 9.83. The topological polar surface area (TPSA) is 87.7 Å². The van der Waals surface area contributed by atoms with Crippen LogP contribution in [-0.4, -0.2) is 54.5 Å². The van der Waals surface area contributed by atoms with Gasteiger partial charge in [-0.25, -0.2) is 0 Å². The van der Waals surface area contributed by atoms with E-state index in [-0.39, 0.29) is 24.3 Å². The number of likely N-dealkylation sites (tertiary alicyclic amines) is 1. The minimum absolute atomic E-state index is 0.0143. The van der Waals surface area contributed by atoms with Gasteiger partial charge in [0.25, 0.3) is 17.7 Å². The predicted octanol–water partition coefficient (Wildman–Crippen LogP) is 3.27. The number of amides is 3. The van der Waals surface area contributed by atoms with Gasteiger partial charge in [0.15, 0.2) is 0 Å². The number of benzene rings is 1. The lowest BCUT2D eigenvalue weighted by Gasteiger charge is -2.27. The van der Waals surface area contributed by atoms with E-state index in [1.807, 2.05) is 4.90 Å². The minimum Gasteiger partial charge on any atom is -0.378 e. The SMILES string of the molecule is O=C(N[C@@]1(C(=O)Nc2ccc(C(=O)N3CCCC3)cc2)CCOC1)c1ccc(Br)s1. The zero-order valence-electron chi connectivity index (χ0n) is 16.3. The van der Waals surface area contributed by atoms with Gasteiger partial charge in [0.05, 0.1) is 15.3 Å². The molecule has 30 heavy (non-hydrogen) atoms. The number of nitrogens with one attached hydrogen (secondary N) is 2. The zero-order chi connectivity index (χ0) is 21.1. The molecule has 0 bridgehead atoms. The van der Waals surface area contributed by atoms with Gasteiger partial charge in [0.1, 0.15) is 5.54 Å². The second kappa shape index (κ2) is 8.87. The fourth-order valence-corrected chi connectivity index (χ4v) is 4.95. The molecule has 2 aliphatic rings. The van der Waals surface area contributed by atoms with Crippen LogP contribution in [0.1, 0.15) is 39.3 Å². The minimum atomic E-state index is -1.13. The standard InChI is InChI=1S/C21H22BrN3O4S/c22-17-8-7-16(30-17)18(26)24-21(9-12-29-13-21)20(28)23-15-5-3-14(4-6-15)19(27)25-10-1-2-11-25/h3-8H,1-2,9-13H2,(H,23,28)(H,24,26)/t21-/m0/s1. The van der Waals surface area contributed by atoms with Crippen molar-refractivity contribution in [2.45, 2.75) is 24.8 Å². The number of carbonyl (C=O) groups excluding carboxylic acids is 3. The molecule has 2 fully saturated rings. The lowest BCUT2D eigenvalue weighted by molar-refractivity contribution is -0.122. The van der Waals surface area contributed by atoms with Crippen LogP contribution in [0, 0.1) is 0 Å². The Morgan fingerprint density at radius 3 is 2.40 bits per heavy atom. The smallest absolute Gasteiger partial charge is 0.262 e. The maximum absolute atomic E-state index is 13.0. The van der Waals surface area contributed by atoms with Gasteiger partial charge in [0, 0.05) is 37.4 Å². The van der Waals surface area contributed by atoms with Crippen LogP contribution in [0.15, 0.2) is 40.2 Å². The highest BCUT2D eigenvalue weighted by Gasteiger charge is 2.44. The van der Waals surface area contributed by atoms with E-state index in [4.69, 9.17) is 4.74 Å². The molecule has 0 aliphatic carbocycles. The van der Waals surface area contributed by atoms with Crippen molar-refractivity contribution < 1.29 is 19.1 Å². The van der Waals surface area contributed by atoms with Gasteiger partial charge in [-0.3, -0.25) is 14.4 Å². The third-order valence-electron chi connectivity index (χ3n) is 5.39. The normalized spacial score (nSPS) is 20.9. The molecule has 2 N–H and O–H groups in total. The second-order valence-electron chi connectivity index (χ2n) is 7.47. The molecule has 4 rings (SSSR count). The summed E-state index contributed by atoms with van der Waals surface area (Å²) in [5, 5.41) is 5.72. The third-order valence-corrected chi connectivity index (χ3v) is 7.01. The Morgan fingerprint density at radius 1 is 1.07 bits per heavy atom. The summed E-state index contributed by atoms with van der Waals surface area (Å²) in [7, 11) is 0. The Balaban J connectivity index is 1.44. The summed E-state index contributed by atoms with van der Waals surface area (Å²) in [6.45, 7) is 2.09. The first kappa shape index (κ1) is 21.0. The second-order valence-corrected chi connectivity index (χ2v) is 9.94. The number of halogens is 1. The molecular formula is C21H22BrN3O4S. The van der Waals surface area contributed by atoms with Crippen LogP contribution in [0.3, 0.4) is 0 Å². The number of hydrogen-bond acceptors (Lipinski definition) is 5. The summed E-state index contributed by atoms with van der Waals surface area (Å²) in [6, 6.07) is 10.4. The lowest BCUT2D eigenvalue weighted by Crippen LogP contribution is -2.57. The summed E-state index contributed by atoms with van der Waals surface area (Å²) in [5.41, 5.74) is 0.0418. The number of rotatable bonds is 5. The largest absolute Gasteiger partial charge is 0.378 e. The molecule has 2 saturated heterocycles. The van der Waals surface area contributed by atoms with E-state index in [0.717, 1.165) is 29.7 Å². The van der Waals surface area contributed by atoms with Gasteiger partial charge < -0.3 is 20.3 Å². The van der Waals surface area contributed by atoms with Crippen molar-refractivity contribution in [2.75, 3.05) is 31.6 Å². The highest BCUT2D eigenvalue weighted by Crippen LogP contribution is 2.26. The average Bonchev–Trinajstić information content (AvgIpc) is 3.50. The molecule has 0 spiro atoms. The fraction of sp³-hybridized carbons (Fsp3) is 0.381. The molecule has 0 saturated carbocycles. The van der Waals surface area contributed by atoms with E-state index in [9.17, 15) is 14.4 Å². The van der Waals surface area contributed by atoms with Crippen molar-refractivity contribution >= 4 is 50.7 Å². The van der Waals surface area contributed by atoms with Crippen molar-refractivity contribution in [3.8, 4) is 0 Å². The van der Waals surface area contributed by atoms with Crippen molar-refractivity contribution in [1.82, 2.24) is 10.2 Å². The predicted molar refractivity (Wildman–Crippen MR) is 118 cm³/mol. The zero-order valence-corrected chi connectivity index (χ0v) is 18.7. The Labute approximate surface area is 186 Å². The molecule has 158 valence electrons. The molecule has 9 heteroatoms. The number of anilines is 1. The lowest BCUT2D eigenvalue weighted by atomic mass is 9.97. The van der Waals surface area contributed by atoms with Gasteiger partial charge in [-0.1, -0.05) is 0 Å². The van der Waals surface area contributed by atoms with E-state index < -0.39 is 5.54 Å². The van der Waals surface area contributed by atoms with Crippen LogP contribution < -0.4 is 10.6 Å². The molecule has 0 unspecified atom stereocenters. The summed E-state index contributed by atoms with van der Waals surface area (Å²) in [4.78, 5) is 40.5. The van der Waals surface area contributed by atoms with E-state index in [1.54, 1.807) is 36.4 Å². The first-order valence-corrected chi connectivity index (χ1v) is 11.4. The molecule has 1 aromatic heterocycles. The van der Waals surface area contributed by atoms with E-state index in [1.165, 1.54) is 11.3 Å². The van der Waals surface area contributed by atoms with E-state index in [2.05, 4.69) is 26.6 Å². The Hall–Kier alpha value is -2.23. The quantitative estimate of drug-likeness (QED) is 0.671. The maximum Gasteiger partial charge on any atom is 0.262 e. The monoisotopic (exact) mass is 491 g/mol. The molecule has 2 aromatic rings. The van der Waals surface area contributed by atoms with Crippen LogP contribution in [-0.2, 0) is 9.53 Å². The fourth-order valence-electron chi connectivity index (χ4n) is 3.66. The highest BCUT2D eigenvalue weighted by molar-refractivity contribution is 9.11. The summed E-state index contributed by atoms with van der Waals surface area (Å²) in [6.07, 6.45) is 2.47. The molecule has 1 atom stereocenters. The van der Waals surface area contributed by atoms with Gasteiger partial charge in [-0.15, -0.1) is 11.3 Å². The third kappa shape index (κ3) is 4.43. The number of hydrogen-bond donors (Lipinski definition) is 2. The summed E-state index contributed by atoms with van der Waals surface area (Å²) < 4.78 is 6.28. The van der Waals surface area contributed by atoms with Gasteiger partial charge >= 0.3 is 0 Å². The van der Waals surface area contributed by atoms with Crippen LogP contribution >= 0.6 is 27.3 Å². The number of carbonyl (C=O) groups is 3. The molecule has 7 nitrogen and oxygen atoms in total. The van der Waals surface area contributed by atoms with Crippen LogP contribution in [0.5, 0.6) is 0 Å². The highest BCUT2D eigenvalue weighted by atomic mass is 79.9. The van der Waals surface area contributed by atoms with Gasteiger partial charge in [0.2, 0.25) is 0 Å². The molecule has 3 heterocycles. The van der Waals surface area contributed by atoms with Crippen LogP contribution in [0.2, 0.25) is 0 Å². The first-order chi connectivity index (χ1) is 14.5. The average molecular weight is 492 g/mol. The summed E-state index contributed by atoms with van der Waals surface area (Å²) >= 11 is 4.65.